The Morgan fingerprint density at radius 1 is 1.10 bits per heavy atom. The molecule has 1 unspecified atom stereocenters. The molecule has 2 aromatic rings. The average molecular weight is 280 g/mol. The van der Waals surface area contributed by atoms with Crippen molar-refractivity contribution in [1.82, 2.24) is 0 Å². The first-order valence-corrected chi connectivity index (χ1v) is 7.74. The molecule has 21 heavy (non-hydrogen) atoms. The van der Waals surface area contributed by atoms with E-state index in [1.54, 1.807) is 0 Å². The zero-order valence-corrected chi connectivity index (χ0v) is 13.2. The van der Waals surface area contributed by atoms with Crippen molar-refractivity contribution in [2.45, 2.75) is 33.2 Å². The Labute approximate surface area is 127 Å². The monoisotopic (exact) mass is 280 g/mol. The molecule has 1 heterocycles. The standard InChI is InChI=1S/C19H24N2/c1-13-10-14(2)19(15(3)11-13)18(12-20)21-9-8-16-6-4-5-7-17(16)21/h4-7,10-11,18H,8-9,12,20H2,1-3H3. The number of aryl methyl sites for hydroxylation is 3. The van der Waals surface area contributed by atoms with Gasteiger partial charge in [0.15, 0.2) is 0 Å². The minimum Gasteiger partial charge on any atom is -0.363 e. The zero-order chi connectivity index (χ0) is 15.0. The number of hydrogen-bond acceptors (Lipinski definition) is 2. The summed E-state index contributed by atoms with van der Waals surface area (Å²) in [5.41, 5.74) is 14.4. The highest BCUT2D eigenvalue weighted by atomic mass is 15.2. The molecule has 0 amide bonds. The Morgan fingerprint density at radius 2 is 1.76 bits per heavy atom. The minimum atomic E-state index is 0.272. The molecule has 2 aromatic carbocycles. The van der Waals surface area contributed by atoms with Crippen molar-refractivity contribution >= 4 is 5.69 Å². The number of nitrogens with two attached hydrogens (primary N) is 1. The second-order valence-electron chi connectivity index (χ2n) is 6.14. The predicted octanol–water partition coefficient (Wildman–Crippen LogP) is 3.67. The molecule has 2 N–H and O–H groups in total. The van der Waals surface area contributed by atoms with Crippen LogP contribution in [0.15, 0.2) is 36.4 Å². The molecule has 0 bridgehead atoms. The molecule has 0 spiro atoms. The number of fused-ring (bicyclic) bond motifs is 1. The van der Waals surface area contributed by atoms with Crippen molar-refractivity contribution in [3.05, 3.63) is 64.2 Å². The summed E-state index contributed by atoms with van der Waals surface area (Å²) in [5.74, 6) is 0. The summed E-state index contributed by atoms with van der Waals surface area (Å²) >= 11 is 0. The molecule has 2 heteroatoms. The maximum atomic E-state index is 6.18. The van der Waals surface area contributed by atoms with E-state index in [4.69, 9.17) is 5.73 Å². The molecule has 110 valence electrons. The second kappa shape index (κ2) is 5.53. The highest BCUT2D eigenvalue weighted by molar-refractivity contribution is 5.60. The molecule has 0 radical (unpaired) electrons. The Balaban J connectivity index is 2.05. The zero-order valence-electron chi connectivity index (χ0n) is 13.2. The molecular weight excluding hydrogens is 256 g/mol. The van der Waals surface area contributed by atoms with Crippen molar-refractivity contribution in [1.29, 1.82) is 0 Å². The van der Waals surface area contributed by atoms with Gasteiger partial charge in [0.1, 0.15) is 0 Å². The third-order valence-corrected chi connectivity index (χ3v) is 4.59. The molecule has 0 aromatic heterocycles. The molecule has 0 aliphatic carbocycles. The highest BCUT2D eigenvalue weighted by Gasteiger charge is 2.27. The third kappa shape index (κ3) is 2.44. The first kappa shape index (κ1) is 14.2. The van der Waals surface area contributed by atoms with Gasteiger partial charge < -0.3 is 10.6 Å². The van der Waals surface area contributed by atoms with Crippen LogP contribution in [0.5, 0.6) is 0 Å². The number of nitrogens with zero attached hydrogens (tertiary/aromatic N) is 1. The molecule has 0 fully saturated rings. The van der Waals surface area contributed by atoms with Gasteiger partial charge in [0.25, 0.3) is 0 Å². The smallest absolute Gasteiger partial charge is 0.0670 e. The van der Waals surface area contributed by atoms with Crippen molar-refractivity contribution in [2.24, 2.45) is 5.73 Å². The average Bonchev–Trinajstić information content (AvgIpc) is 2.86. The lowest BCUT2D eigenvalue weighted by atomic mass is 9.93. The molecular formula is C19H24N2. The van der Waals surface area contributed by atoms with Gasteiger partial charge in [0.05, 0.1) is 6.04 Å². The van der Waals surface area contributed by atoms with Gasteiger partial charge in [-0.1, -0.05) is 35.9 Å². The summed E-state index contributed by atoms with van der Waals surface area (Å²) in [6, 6.07) is 13.5. The Kier molecular flexibility index (Phi) is 3.73. The lowest BCUT2D eigenvalue weighted by molar-refractivity contribution is 0.642. The quantitative estimate of drug-likeness (QED) is 0.929. The third-order valence-electron chi connectivity index (χ3n) is 4.59. The van der Waals surface area contributed by atoms with Gasteiger partial charge in [-0.3, -0.25) is 0 Å². The number of hydrogen-bond donors (Lipinski definition) is 1. The van der Waals surface area contributed by atoms with Crippen LogP contribution < -0.4 is 10.6 Å². The fraction of sp³-hybridized carbons (Fsp3) is 0.368. The summed E-state index contributed by atoms with van der Waals surface area (Å²) in [7, 11) is 0. The van der Waals surface area contributed by atoms with E-state index in [-0.39, 0.29) is 6.04 Å². The fourth-order valence-corrected chi connectivity index (χ4v) is 3.81. The lowest BCUT2D eigenvalue weighted by Gasteiger charge is -2.32. The lowest BCUT2D eigenvalue weighted by Crippen LogP contribution is -2.33. The molecule has 1 aliphatic rings. The van der Waals surface area contributed by atoms with Gasteiger partial charge in [-0.15, -0.1) is 0 Å². The van der Waals surface area contributed by atoms with Crippen LogP contribution in [0.2, 0.25) is 0 Å². The van der Waals surface area contributed by atoms with Crippen molar-refractivity contribution in [3.8, 4) is 0 Å². The van der Waals surface area contributed by atoms with Crippen molar-refractivity contribution in [3.63, 3.8) is 0 Å². The maximum absolute atomic E-state index is 6.18. The topological polar surface area (TPSA) is 29.3 Å². The van der Waals surface area contributed by atoms with E-state index in [0.717, 1.165) is 13.0 Å². The van der Waals surface area contributed by atoms with Crippen LogP contribution in [-0.2, 0) is 6.42 Å². The van der Waals surface area contributed by atoms with E-state index >= 15 is 0 Å². The number of para-hydroxylation sites is 1. The number of benzene rings is 2. The molecule has 1 atom stereocenters. The van der Waals surface area contributed by atoms with E-state index in [0.29, 0.717) is 6.54 Å². The number of anilines is 1. The summed E-state index contributed by atoms with van der Waals surface area (Å²) in [4.78, 5) is 2.49. The minimum absolute atomic E-state index is 0.272. The van der Waals surface area contributed by atoms with Gasteiger partial charge in [-0.25, -0.2) is 0 Å². The molecule has 1 aliphatic heterocycles. The summed E-state index contributed by atoms with van der Waals surface area (Å²) in [5, 5.41) is 0. The normalized spacial score (nSPS) is 15.1. The second-order valence-corrected chi connectivity index (χ2v) is 6.14. The van der Waals surface area contributed by atoms with E-state index < -0.39 is 0 Å². The van der Waals surface area contributed by atoms with Crippen LogP contribution in [0.1, 0.15) is 33.9 Å². The summed E-state index contributed by atoms with van der Waals surface area (Å²) in [6.45, 7) is 8.29. The van der Waals surface area contributed by atoms with E-state index in [9.17, 15) is 0 Å². The maximum Gasteiger partial charge on any atom is 0.0670 e. The largest absolute Gasteiger partial charge is 0.363 e. The molecule has 2 nitrogen and oxygen atoms in total. The Hall–Kier alpha value is -1.80. The Morgan fingerprint density at radius 3 is 2.43 bits per heavy atom. The van der Waals surface area contributed by atoms with E-state index in [2.05, 4.69) is 62.1 Å². The van der Waals surface area contributed by atoms with Crippen molar-refractivity contribution < 1.29 is 0 Å². The first-order valence-electron chi connectivity index (χ1n) is 7.74. The van der Waals surface area contributed by atoms with E-state index in [1.165, 1.54) is 33.5 Å². The van der Waals surface area contributed by atoms with Gasteiger partial charge in [0, 0.05) is 18.8 Å². The van der Waals surface area contributed by atoms with Gasteiger partial charge in [-0.05, 0) is 55.5 Å². The number of rotatable bonds is 3. The van der Waals surface area contributed by atoms with Crippen LogP contribution in [0, 0.1) is 20.8 Å². The molecule has 3 rings (SSSR count). The van der Waals surface area contributed by atoms with Crippen LogP contribution in [0.25, 0.3) is 0 Å². The molecule has 0 saturated carbocycles. The van der Waals surface area contributed by atoms with Crippen LogP contribution in [-0.4, -0.2) is 13.1 Å². The van der Waals surface area contributed by atoms with Crippen LogP contribution in [0.3, 0.4) is 0 Å². The van der Waals surface area contributed by atoms with Gasteiger partial charge in [0.2, 0.25) is 0 Å². The van der Waals surface area contributed by atoms with Gasteiger partial charge >= 0.3 is 0 Å². The Bertz CT molecular complexity index is 637. The van der Waals surface area contributed by atoms with Crippen LogP contribution in [0.4, 0.5) is 5.69 Å². The van der Waals surface area contributed by atoms with Crippen molar-refractivity contribution in [2.75, 3.05) is 18.0 Å². The first-order chi connectivity index (χ1) is 10.1. The van der Waals surface area contributed by atoms with Gasteiger partial charge in [-0.2, -0.15) is 0 Å². The fourth-order valence-electron chi connectivity index (χ4n) is 3.81. The summed E-state index contributed by atoms with van der Waals surface area (Å²) < 4.78 is 0. The van der Waals surface area contributed by atoms with Crippen LogP contribution >= 0.6 is 0 Å². The SMILES string of the molecule is Cc1cc(C)c(C(CN)N2CCc3ccccc32)c(C)c1. The summed E-state index contributed by atoms with van der Waals surface area (Å²) in [6.07, 6.45) is 1.12. The molecule has 0 saturated heterocycles. The highest BCUT2D eigenvalue weighted by Crippen LogP contribution is 2.36. The predicted molar refractivity (Wildman–Crippen MR) is 89.9 cm³/mol. The van der Waals surface area contributed by atoms with E-state index in [1.807, 2.05) is 0 Å².